The van der Waals surface area contributed by atoms with Crippen molar-refractivity contribution < 1.29 is 4.92 Å². The highest BCUT2D eigenvalue weighted by atomic mass is 16.6. The number of nitriles is 1. The average molecular weight is 294 g/mol. The lowest BCUT2D eigenvalue weighted by molar-refractivity contribution is -0.384. The average Bonchev–Trinajstić information content (AvgIpc) is 2.49. The van der Waals surface area contributed by atoms with E-state index in [1.807, 2.05) is 39.0 Å². The van der Waals surface area contributed by atoms with Crippen LogP contribution in [-0.2, 0) is 0 Å². The second-order valence-corrected chi connectivity index (χ2v) is 4.99. The fraction of sp³-hybridized carbons (Fsp3) is 0.188. The minimum Gasteiger partial charge on any atom is -0.258 e. The van der Waals surface area contributed by atoms with Crippen LogP contribution >= 0.6 is 0 Å². The van der Waals surface area contributed by atoms with Crippen molar-refractivity contribution in [2.45, 2.75) is 20.8 Å². The molecule has 0 heterocycles. The second kappa shape index (κ2) is 6.14. The van der Waals surface area contributed by atoms with E-state index < -0.39 is 4.92 Å². The van der Waals surface area contributed by atoms with E-state index in [1.54, 1.807) is 0 Å². The molecule has 0 unspecified atom stereocenters. The molecule has 6 nitrogen and oxygen atoms in total. The summed E-state index contributed by atoms with van der Waals surface area (Å²) in [6, 6.07) is 9.78. The highest BCUT2D eigenvalue weighted by Crippen LogP contribution is 2.28. The molecule has 0 N–H and O–H groups in total. The van der Waals surface area contributed by atoms with Gasteiger partial charge in [0, 0.05) is 12.1 Å². The predicted octanol–water partition coefficient (Wildman–Crippen LogP) is 4.81. The van der Waals surface area contributed by atoms with Gasteiger partial charge in [0.25, 0.3) is 5.69 Å². The molecule has 0 aromatic heterocycles. The lowest BCUT2D eigenvalue weighted by Gasteiger charge is -2.04. The largest absolute Gasteiger partial charge is 0.270 e. The summed E-state index contributed by atoms with van der Waals surface area (Å²) in [6.45, 7) is 5.94. The van der Waals surface area contributed by atoms with Gasteiger partial charge >= 0.3 is 0 Å². The smallest absolute Gasteiger partial charge is 0.258 e. The van der Waals surface area contributed by atoms with E-state index in [1.165, 1.54) is 23.8 Å². The van der Waals surface area contributed by atoms with Crippen LogP contribution in [0.25, 0.3) is 0 Å². The molecule has 0 saturated carbocycles. The fourth-order valence-electron chi connectivity index (χ4n) is 1.98. The van der Waals surface area contributed by atoms with Crippen molar-refractivity contribution in [3.05, 3.63) is 62.7 Å². The van der Waals surface area contributed by atoms with Gasteiger partial charge in [0.05, 0.1) is 16.2 Å². The first-order chi connectivity index (χ1) is 10.4. The molecule has 0 atom stereocenters. The molecule has 110 valence electrons. The highest BCUT2D eigenvalue weighted by molar-refractivity contribution is 5.58. The van der Waals surface area contributed by atoms with Crippen LogP contribution in [0.5, 0.6) is 0 Å². The third-order valence-corrected chi connectivity index (χ3v) is 3.39. The van der Waals surface area contributed by atoms with Gasteiger partial charge in [0.2, 0.25) is 0 Å². The normalized spacial score (nSPS) is 10.6. The molecule has 0 aliphatic carbocycles. The maximum atomic E-state index is 10.7. The van der Waals surface area contributed by atoms with E-state index in [-0.39, 0.29) is 11.3 Å². The van der Waals surface area contributed by atoms with Crippen LogP contribution < -0.4 is 0 Å². The molecule has 0 radical (unpaired) electrons. The van der Waals surface area contributed by atoms with Crippen LogP contribution in [0.1, 0.15) is 22.3 Å². The van der Waals surface area contributed by atoms with E-state index in [0.717, 1.165) is 11.1 Å². The molecule has 0 spiro atoms. The first-order valence-corrected chi connectivity index (χ1v) is 6.60. The van der Waals surface area contributed by atoms with Crippen molar-refractivity contribution in [1.29, 1.82) is 5.26 Å². The monoisotopic (exact) mass is 294 g/mol. The summed E-state index contributed by atoms with van der Waals surface area (Å²) in [5, 5.41) is 28.0. The number of hydrogen-bond donors (Lipinski definition) is 0. The maximum Gasteiger partial charge on any atom is 0.270 e. The molecule has 22 heavy (non-hydrogen) atoms. The van der Waals surface area contributed by atoms with Crippen molar-refractivity contribution >= 4 is 17.1 Å². The predicted molar refractivity (Wildman–Crippen MR) is 82.6 cm³/mol. The minimum absolute atomic E-state index is 0.124. The molecule has 0 aliphatic heterocycles. The molecule has 6 heteroatoms. The van der Waals surface area contributed by atoms with Gasteiger partial charge in [-0.05, 0) is 49.6 Å². The van der Waals surface area contributed by atoms with Gasteiger partial charge in [-0.25, -0.2) is 0 Å². The zero-order chi connectivity index (χ0) is 16.3. The van der Waals surface area contributed by atoms with Crippen LogP contribution in [0.2, 0.25) is 0 Å². The number of nitro groups is 1. The molecule has 2 aromatic carbocycles. The highest BCUT2D eigenvalue weighted by Gasteiger charge is 2.10. The van der Waals surface area contributed by atoms with E-state index >= 15 is 0 Å². The van der Waals surface area contributed by atoms with Crippen molar-refractivity contribution in [2.24, 2.45) is 10.2 Å². The molecule has 2 rings (SSSR count). The zero-order valence-corrected chi connectivity index (χ0v) is 12.5. The summed E-state index contributed by atoms with van der Waals surface area (Å²) < 4.78 is 0. The summed E-state index contributed by atoms with van der Waals surface area (Å²) in [4.78, 5) is 10.2. The Labute approximate surface area is 127 Å². The van der Waals surface area contributed by atoms with Gasteiger partial charge in [-0.2, -0.15) is 10.4 Å². The third-order valence-electron chi connectivity index (χ3n) is 3.39. The Morgan fingerprint density at radius 1 is 1.00 bits per heavy atom. The summed E-state index contributed by atoms with van der Waals surface area (Å²) in [6.07, 6.45) is 0. The number of non-ortho nitro benzene ring substituents is 1. The molecule has 0 saturated heterocycles. The van der Waals surface area contributed by atoms with Gasteiger partial charge in [0.15, 0.2) is 0 Å². The van der Waals surface area contributed by atoms with E-state index in [0.29, 0.717) is 11.4 Å². The Balaban J connectivity index is 2.41. The molecule has 0 aliphatic rings. The van der Waals surface area contributed by atoms with Crippen LogP contribution in [0.3, 0.4) is 0 Å². The Morgan fingerprint density at radius 2 is 1.64 bits per heavy atom. The molecular formula is C16H14N4O2. The van der Waals surface area contributed by atoms with Crippen molar-refractivity contribution in [3.8, 4) is 6.07 Å². The van der Waals surface area contributed by atoms with Crippen LogP contribution in [0.15, 0.2) is 40.6 Å². The first-order valence-electron chi connectivity index (χ1n) is 6.60. The number of azo groups is 1. The summed E-state index contributed by atoms with van der Waals surface area (Å²) >= 11 is 0. The molecule has 0 bridgehead atoms. The number of aryl methyl sites for hydroxylation is 3. The Bertz CT molecular complexity index is 820. The maximum absolute atomic E-state index is 10.7. The van der Waals surface area contributed by atoms with Gasteiger partial charge in [0.1, 0.15) is 11.8 Å². The minimum atomic E-state index is -0.546. The third kappa shape index (κ3) is 3.15. The SMILES string of the molecule is Cc1cc(C)c(N=Nc2ccc([N+](=O)[O-])cc2C#N)cc1C. The van der Waals surface area contributed by atoms with Crippen LogP contribution in [0, 0.1) is 42.2 Å². The quantitative estimate of drug-likeness (QED) is 0.462. The van der Waals surface area contributed by atoms with E-state index in [2.05, 4.69) is 10.2 Å². The second-order valence-electron chi connectivity index (χ2n) is 4.99. The van der Waals surface area contributed by atoms with Gasteiger partial charge < -0.3 is 0 Å². The van der Waals surface area contributed by atoms with Gasteiger partial charge in [-0.15, -0.1) is 5.11 Å². The molecule has 0 fully saturated rings. The van der Waals surface area contributed by atoms with E-state index in [4.69, 9.17) is 5.26 Å². The molecule has 2 aromatic rings. The van der Waals surface area contributed by atoms with Crippen molar-refractivity contribution in [1.82, 2.24) is 0 Å². The number of benzene rings is 2. The van der Waals surface area contributed by atoms with E-state index in [9.17, 15) is 10.1 Å². The number of hydrogen-bond acceptors (Lipinski definition) is 5. The lowest BCUT2D eigenvalue weighted by Crippen LogP contribution is -1.88. The first kappa shape index (κ1) is 15.3. The number of nitrogens with zero attached hydrogens (tertiary/aromatic N) is 4. The standard InChI is InChI=1S/C16H14N4O2/c1-10-6-12(3)16(7-11(10)2)19-18-15-5-4-14(20(21)22)8-13(15)9-17/h4-8H,1-3H3. The topological polar surface area (TPSA) is 91.7 Å². The molecule has 0 amide bonds. The Hall–Kier alpha value is -3.07. The fourth-order valence-corrected chi connectivity index (χ4v) is 1.98. The Morgan fingerprint density at radius 3 is 2.27 bits per heavy atom. The lowest BCUT2D eigenvalue weighted by atomic mass is 10.1. The number of nitro benzene ring substituents is 1. The van der Waals surface area contributed by atoms with Crippen LogP contribution in [0.4, 0.5) is 17.1 Å². The molecular weight excluding hydrogens is 280 g/mol. The summed E-state index contributed by atoms with van der Waals surface area (Å²) in [5.41, 5.74) is 4.26. The van der Waals surface area contributed by atoms with Crippen molar-refractivity contribution in [2.75, 3.05) is 0 Å². The zero-order valence-electron chi connectivity index (χ0n) is 12.5. The summed E-state index contributed by atoms with van der Waals surface area (Å²) in [5.74, 6) is 0. The summed E-state index contributed by atoms with van der Waals surface area (Å²) in [7, 11) is 0. The van der Waals surface area contributed by atoms with Crippen LogP contribution in [-0.4, -0.2) is 4.92 Å². The van der Waals surface area contributed by atoms with Gasteiger partial charge in [-0.3, -0.25) is 10.1 Å². The van der Waals surface area contributed by atoms with Gasteiger partial charge in [-0.1, -0.05) is 6.07 Å². The van der Waals surface area contributed by atoms with Crippen molar-refractivity contribution in [3.63, 3.8) is 0 Å². The number of rotatable bonds is 3. The Kier molecular flexibility index (Phi) is 4.28.